The molecule has 0 aliphatic carbocycles. The van der Waals surface area contributed by atoms with Crippen LogP contribution in [0.15, 0.2) is 72.8 Å². The van der Waals surface area contributed by atoms with Gasteiger partial charge in [0.1, 0.15) is 0 Å². The molecule has 2 aromatic rings. The number of carbonyl (C=O) groups is 2. The number of rotatable bonds is 12. The van der Waals surface area contributed by atoms with Crippen molar-refractivity contribution in [1.82, 2.24) is 0 Å². The molecule has 0 aliphatic heterocycles. The SMILES string of the molecule is CCC[CH2][Sn]([CH2]CCC)([O]C(=O)C=Cc1ccccc1)[O]C(=O)C=Cc1ccccc1. The standard InChI is InChI=1S/2C9H8O2.2C4H9.Sn/c2*10-9(11)7-6-8-4-2-1-3-5-8;2*1-3-4-2;/h2*1-7H,(H,10,11);2*1,3-4H2,2H3;/q;;;;+2/p-2. The summed E-state index contributed by atoms with van der Waals surface area (Å²) in [6.07, 6.45) is 10.0. The van der Waals surface area contributed by atoms with Gasteiger partial charge in [0.05, 0.1) is 0 Å². The van der Waals surface area contributed by atoms with Gasteiger partial charge >= 0.3 is 191 Å². The summed E-state index contributed by atoms with van der Waals surface area (Å²) in [4.78, 5) is 25.3. The van der Waals surface area contributed by atoms with Gasteiger partial charge in [-0.1, -0.05) is 0 Å². The minimum absolute atomic E-state index is 0.424. The number of carbonyl (C=O) groups excluding carboxylic acids is 2. The van der Waals surface area contributed by atoms with Crippen LogP contribution in [0.25, 0.3) is 12.2 Å². The van der Waals surface area contributed by atoms with Crippen LogP contribution >= 0.6 is 0 Å². The Morgan fingerprint density at radius 1 is 0.710 bits per heavy atom. The Morgan fingerprint density at radius 2 is 1.10 bits per heavy atom. The van der Waals surface area contributed by atoms with Gasteiger partial charge in [-0.25, -0.2) is 0 Å². The Bertz CT molecular complexity index is 786. The van der Waals surface area contributed by atoms with Crippen molar-refractivity contribution in [2.45, 2.75) is 48.4 Å². The maximum absolute atomic E-state index is 12.7. The number of hydrogen-bond acceptors (Lipinski definition) is 4. The fourth-order valence-electron chi connectivity index (χ4n) is 3.13. The summed E-state index contributed by atoms with van der Waals surface area (Å²) in [5.41, 5.74) is 1.84. The second-order valence-corrected chi connectivity index (χ2v) is 16.7. The van der Waals surface area contributed by atoms with Crippen molar-refractivity contribution in [3.8, 4) is 0 Å². The summed E-state index contributed by atoms with van der Waals surface area (Å²) >= 11 is -3.95. The van der Waals surface area contributed by atoms with E-state index in [1.54, 1.807) is 12.2 Å². The topological polar surface area (TPSA) is 52.6 Å². The molecule has 0 radical (unpaired) electrons. The van der Waals surface area contributed by atoms with E-state index in [9.17, 15) is 9.59 Å². The Hall–Kier alpha value is -2.34. The van der Waals surface area contributed by atoms with Crippen molar-refractivity contribution in [2.75, 3.05) is 0 Å². The fourth-order valence-corrected chi connectivity index (χ4v) is 12.7. The molecule has 0 heterocycles. The molecule has 0 aromatic heterocycles. The van der Waals surface area contributed by atoms with Gasteiger partial charge in [0.2, 0.25) is 0 Å². The van der Waals surface area contributed by atoms with Crippen LogP contribution in [0, 0.1) is 0 Å². The van der Waals surface area contributed by atoms with Gasteiger partial charge in [0, 0.05) is 0 Å². The van der Waals surface area contributed by atoms with Gasteiger partial charge in [-0.05, 0) is 0 Å². The van der Waals surface area contributed by atoms with Gasteiger partial charge in [0.15, 0.2) is 0 Å². The molecule has 0 saturated heterocycles. The monoisotopic (exact) mass is 528 g/mol. The fraction of sp³-hybridized carbons (Fsp3) is 0.308. The molecule has 164 valence electrons. The molecule has 0 aliphatic rings. The normalized spacial score (nSPS) is 11.7. The van der Waals surface area contributed by atoms with E-state index in [1.807, 2.05) is 60.7 Å². The van der Waals surface area contributed by atoms with Crippen LogP contribution in [0.4, 0.5) is 0 Å². The first kappa shape index (κ1) is 24.9. The van der Waals surface area contributed by atoms with Crippen molar-refractivity contribution in [2.24, 2.45) is 0 Å². The van der Waals surface area contributed by atoms with Gasteiger partial charge in [-0.15, -0.1) is 0 Å². The molecule has 0 atom stereocenters. The number of unbranched alkanes of at least 4 members (excludes halogenated alkanes) is 2. The third kappa shape index (κ3) is 9.55. The zero-order valence-electron chi connectivity index (χ0n) is 18.5. The van der Waals surface area contributed by atoms with E-state index in [1.165, 1.54) is 12.2 Å². The quantitative estimate of drug-likeness (QED) is 0.232. The van der Waals surface area contributed by atoms with Gasteiger partial charge in [-0.3, -0.25) is 0 Å². The molecule has 2 rings (SSSR count). The van der Waals surface area contributed by atoms with Crippen LogP contribution in [0.1, 0.15) is 50.7 Å². The van der Waals surface area contributed by atoms with E-state index in [2.05, 4.69) is 13.8 Å². The molecular formula is C26H32O4Sn. The third-order valence-corrected chi connectivity index (χ3v) is 14.5. The van der Waals surface area contributed by atoms with Gasteiger partial charge < -0.3 is 0 Å². The molecule has 0 unspecified atom stereocenters. The second kappa shape index (κ2) is 13.9. The van der Waals surface area contributed by atoms with Crippen LogP contribution in [0.3, 0.4) is 0 Å². The predicted octanol–water partition coefficient (Wildman–Crippen LogP) is 6.54. The minimum atomic E-state index is -3.95. The Kier molecular flexibility index (Phi) is 11.1. The van der Waals surface area contributed by atoms with E-state index in [0.717, 1.165) is 36.8 Å². The van der Waals surface area contributed by atoms with Crippen LogP contribution in [-0.4, -0.2) is 31.1 Å². The van der Waals surface area contributed by atoms with Crippen LogP contribution in [-0.2, 0) is 15.7 Å². The van der Waals surface area contributed by atoms with Crippen molar-refractivity contribution >= 4 is 43.3 Å². The summed E-state index contributed by atoms with van der Waals surface area (Å²) < 4.78 is 13.4. The summed E-state index contributed by atoms with van der Waals surface area (Å²) in [5, 5.41) is 0. The summed E-state index contributed by atoms with van der Waals surface area (Å²) in [5.74, 6) is -0.849. The van der Waals surface area contributed by atoms with Crippen molar-refractivity contribution in [3.05, 3.63) is 83.9 Å². The van der Waals surface area contributed by atoms with Crippen molar-refractivity contribution in [1.29, 1.82) is 0 Å². The summed E-state index contributed by atoms with van der Waals surface area (Å²) in [6, 6.07) is 19.2. The van der Waals surface area contributed by atoms with Crippen LogP contribution in [0.5, 0.6) is 0 Å². The molecular weight excluding hydrogens is 495 g/mol. The second-order valence-electron chi connectivity index (χ2n) is 7.45. The predicted molar refractivity (Wildman–Crippen MR) is 128 cm³/mol. The molecule has 31 heavy (non-hydrogen) atoms. The van der Waals surface area contributed by atoms with Gasteiger partial charge in [0.25, 0.3) is 0 Å². The molecule has 0 spiro atoms. The Labute approximate surface area is 190 Å². The summed E-state index contributed by atoms with van der Waals surface area (Å²) in [6.45, 7) is 4.18. The average Bonchev–Trinajstić information content (AvgIpc) is 2.80. The number of hydrogen-bond donors (Lipinski definition) is 0. The van der Waals surface area contributed by atoms with Crippen molar-refractivity contribution < 1.29 is 15.7 Å². The van der Waals surface area contributed by atoms with E-state index < -0.39 is 31.1 Å². The summed E-state index contributed by atoms with van der Waals surface area (Å²) in [7, 11) is 0. The molecule has 0 fully saturated rings. The Morgan fingerprint density at radius 3 is 1.45 bits per heavy atom. The first-order valence-corrected chi connectivity index (χ1v) is 17.4. The molecule has 0 saturated carbocycles. The molecule has 2 aromatic carbocycles. The molecule has 5 heteroatoms. The third-order valence-electron chi connectivity index (χ3n) is 4.82. The van der Waals surface area contributed by atoms with E-state index in [4.69, 9.17) is 6.15 Å². The Balaban J connectivity index is 2.15. The zero-order valence-corrected chi connectivity index (χ0v) is 21.3. The molecule has 0 bridgehead atoms. The number of benzene rings is 2. The van der Waals surface area contributed by atoms with E-state index >= 15 is 0 Å². The zero-order chi connectivity index (χ0) is 22.4. The maximum atomic E-state index is 12.7. The van der Waals surface area contributed by atoms with E-state index in [-0.39, 0.29) is 0 Å². The molecule has 4 nitrogen and oxygen atoms in total. The molecule has 0 N–H and O–H groups in total. The first-order chi connectivity index (χ1) is 15.1. The van der Waals surface area contributed by atoms with Gasteiger partial charge in [-0.2, -0.15) is 0 Å². The van der Waals surface area contributed by atoms with Crippen LogP contribution < -0.4 is 0 Å². The van der Waals surface area contributed by atoms with Crippen molar-refractivity contribution in [3.63, 3.8) is 0 Å². The van der Waals surface area contributed by atoms with E-state index in [0.29, 0.717) is 8.87 Å². The molecule has 0 amide bonds. The van der Waals surface area contributed by atoms with Crippen LogP contribution in [0.2, 0.25) is 8.87 Å². The average molecular weight is 527 g/mol. The first-order valence-electron chi connectivity index (χ1n) is 11.0.